The summed E-state index contributed by atoms with van der Waals surface area (Å²) in [4.78, 5) is 4.06. The van der Waals surface area contributed by atoms with E-state index >= 15 is 0 Å². The number of anilines is 1. The molecule has 0 aliphatic carbocycles. The molecule has 1 aliphatic heterocycles. The van der Waals surface area contributed by atoms with E-state index in [0.717, 1.165) is 22.7 Å². The first-order chi connectivity index (χ1) is 8.74. The molecule has 4 heteroatoms. The minimum absolute atomic E-state index is 0.181. The largest absolute Gasteiger partial charge is 0.480 e. The van der Waals surface area contributed by atoms with Gasteiger partial charge in [-0.3, -0.25) is 4.98 Å². The third-order valence-electron chi connectivity index (χ3n) is 3.05. The van der Waals surface area contributed by atoms with Crippen LogP contribution in [0, 0.1) is 12.7 Å². The highest BCUT2D eigenvalue weighted by molar-refractivity contribution is 5.63. The zero-order valence-electron chi connectivity index (χ0n) is 9.98. The summed E-state index contributed by atoms with van der Waals surface area (Å²) in [5.41, 5.74) is 2.91. The standard InChI is InChI=1S/C14H13FN2O/c1-9-3-2-4-12-14(9)17-8-13(18-12)11-6-5-10(15)7-16-11/h2-7,13,17H,8H2,1H3. The molecule has 1 aliphatic rings. The number of nitrogens with zero attached hydrogens (tertiary/aromatic N) is 1. The maximum atomic E-state index is 12.8. The Balaban J connectivity index is 1.89. The van der Waals surface area contributed by atoms with Crippen LogP contribution >= 0.6 is 0 Å². The van der Waals surface area contributed by atoms with Crippen molar-refractivity contribution in [2.24, 2.45) is 0 Å². The number of para-hydroxylation sites is 1. The first kappa shape index (κ1) is 11.0. The monoisotopic (exact) mass is 244 g/mol. The van der Waals surface area contributed by atoms with Gasteiger partial charge < -0.3 is 10.1 Å². The van der Waals surface area contributed by atoms with Gasteiger partial charge in [0.05, 0.1) is 24.1 Å². The lowest BCUT2D eigenvalue weighted by atomic mass is 10.1. The number of fused-ring (bicyclic) bond motifs is 1. The van der Waals surface area contributed by atoms with Crippen molar-refractivity contribution in [3.63, 3.8) is 0 Å². The Hall–Kier alpha value is -2.10. The van der Waals surface area contributed by atoms with E-state index in [-0.39, 0.29) is 11.9 Å². The third-order valence-corrected chi connectivity index (χ3v) is 3.05. The Morgan fingerprint density at radius 2 is 2.22 bits per heavy atom. The average Bonchev–Trinajstić information content (AvgIpc) is 2.39. The SMILES string of the molecule is Cc1cccc2c1NCC(c1ccc(F)cn1)O2. The van der Waals surface area contributed by atoms with Gasteiger partial charge in [-0.15, -0.1) is 0 Å². The molecule has 3 nitrogen and oxygen atoms in total. The van der Waals surface area contributed by atoms with Gasteiger partial charge in [0, 0.05) is 0 Å². The molecule has 2 aromatic rings. The summed E-state index contributed by atoms with van der Waals surface area (Å²) in [6, 6.07) is 8.97. The van der Waals surface area contributed by atoms with E-state index in [4.69, 9.17) is 4.74 Å². The van der Waals surface area contributed by atoms with Crippen molar-refractivity contribution in [2.45, 2.75) is 13.0 Å². The minimum Gasteiger partial charge on any atom is -0.480 e. The maximum absolute atomic E-state index is 12.8. The van der Waals surface area contributed by atoms with E-state index in [1.165, 1.54) is 12.3 Å². The van der Waals surface area contributed by atoms with Gasteiger partial charge in [-0.05, 0) is 30.7 Å². The number of halogens is 1. The summed E-state index contributed by atoms with van der Waals surface area (Å²) < 4.78 is 18.7. The molecular formula is C14H13FN2O. The minimum atomic E-state index is -0.334. The number of pyridine rings is 1. The fourth-order valence-corrected chi connectivity index (χ4v) is 2.10. The molecule has 1 N–H and O–H groups in total. The fourth-order valence-electron chi connectivity index (χ4n) is 2.10. The van der Waals surface area contributed by atoms with Gasteiger partial charge >= 0.3 is 0 Å². The molecule has 2 heterocycles. The highest BCUT2D eigenvalue weighted by atomic mass is 19.1. The van der Waals surface area contributed by atoms with Gasteiger partial charge in [-0.2, -0.15) is 0 Å². The molecule has 92 valence electrons. The molecule has 1 aromatic heterocycles. The fraction of sp³-hybridized carbons (Fsp3) is 0.214. The van der Waals surface area contributed by atoms with Gasteiger partial charge in [0.1, 0.15) is 11.6 Å². The number of hydrogen-bond donors (Lipinski definition) is 1. The van der Waals surface area contributed by atoms with Gasteiger partial charge in [0.25, 0.3) is 0 Å². The Morgan fingerprint density at radius 3 is 3.00 bits per heavy atom. The molecule has 0 bridgehead atoms. The number of benzene rings is 1. The van der Waals surface area contributed by atoms with Crippen LogP contribution in [0.1, 0.15) is 17.4 Å². The molecule has 0 radical (unpaired) electrons. The quantitative estimate of drug-likeness (QED) is 0.837. The van der Waals surface area contributed by atoms with Crippen molar-refractivity contribution in [2.75, 3.05) is 11.9 Å². The number of ether oxygens (including phenoxy) is 1. The van der Waals surface area contributed by atoms with Crippen LogP contribution in [0.15, 0.2) is 36.5 Å². The summed E-state index contributed by atoms with van der Waals surface area (Å²) in [5.74, 6) is 0.483. The van der Waals surface area contributed by atoms with Gasteiger partial charge in [-0.25, -0.2) is 4.39 Å². The van der Waals surface area contributed by atoms with Gasteiger partial charge in [-0.1, -0.05) is 12.1 Å². The van der Waals surface area contributed by atoms with Crippen molar-refractivity contribution in [1.82, 2.24) is 4.98 Å². The van der Waals surface area contributed by atoms with Crippen LogP contribution < -0.4 is 10.1 Å². The Morgan fingerprint density at radius 1 is 1.33 bits per heavy atom. The van der Waals surface area contributed by atoms with E-state index < -0.39 is 0 Å². The lowest BCUT2D eigenvalue weighted by Crippen LogP contribution is -2.24. The van der Waals surface area contributed by atoms with Crippen molar-refractivity contribution >= 4 is 5.69 Å². The maximum Gasteiger partial charge on any atom is 0.158 e. The Kier molecular flexibility index (Phi) is 2.63. The first-order valence-corrected chi connectivity index (χ1v) is 5.85. The second kappa shape index (κ2) is 4.29. The highest BCUT2D eigenvalue weighted by Gasteiger charge is 2.22. The normalized spacial score (nSPS) is 17.6. The highest BCUT2D eigenvalue weighted by Crippen LogP contribution is 2.35. The molecule has 0 saturated heterocycles. The lowest BCUT2D eigenvalue weighted by molar-refractivity contribution is 0.205. The van der Waals surface area contributed by atoms with Crippen LogP contribution in [0.3, 0.4) is 0 Å². The number of nitrogens with one attached hydrogen (secondary N) is 1. The summed E-state index contributed by atoms with van der Waals surface area (Å²) >= 11 is 0. The van der Waals surface area contributed by atoms with Crippen molar-refractivity contribution in [3.8, 4) is 5.75 Å². The van der Waals surface area contributed by atoms with E-state index in [9.17, 15) is 4.39 Å². The summed E-state index contributed by atoms with van der Waals surface area (Å²) in [6.45, 7) is 2.67. The van der Waals surface area contributed by atoms with Crippen LogP contribution in [-0.4, -0.2) is 11.5 Å². The molecule has 18 heavy (non-hydrogen) atoms. The first-order valence-electron chi connectivity index (χ1n) is 5.85. The lowest BCUT2D eigenvalue weighted by Gasteiger charge is -2.28. The molecule has 0 amide bonds. The number of hydrogen-bond acceptors (Lipinski definition) is 3. The molecule has 1 unspecified atom stereocenters. The molecule has 3 rings (SSSR count). The van der Waals surface area contributed by atoms with Crippen LogP contribution in [0.5, 0.6) is 5.75 Å². The van der Waals surface area contributed by atoms with Gasteiger partial charge in [0.15, 0.2) is 6.10 Å². The predicted octanol–water partition coefficient (Wildman–Crippen LogP) is 3.07. The summed E-state index contributed by atoms with van der Waals surface area (Å²) in [5, 5.41) is 3.34. The van der Waals surface area contributed by atoms with Crippen LogP contribution in [0.2, 0.25) is 0 Å². The van der Waals surface area contributed by atoms with E-state index in [2.05, 4.69) is 10.3 Å². The zero-order valence-corrected chi connectivity index (χ0v) is 9.98. The Labute approximate surface area is 105 Å². The van der Waals surface area contributed by atoms with E-state index in [0.29, 0.717) is 6.54 Å². The van der Waals surface area contributed by atoms with E-state index in [1.807, 2.05) is 25.1 Å². The van der Waals surface area contributed by atoms with Crippen molar-refractivity contribution in [3.05, 3.63) is 53.6 Å². The summed E-state index contributed by atoms with van der Waals surface area (Å²) in [6.07, 6.45) is 1.03. The molecular weight excluding hydrogens is 231 g/mol. The van der Waals surface area contributed by atoms with Crippen molar-refractivity contribution < 1.29 is 9.13 Å². The molecule has 0 spiro atoms. The van der Waals surface area contributed by atoms with E-state index in [1.54, 1.807) is 6.07 Å². The predicted molar refractivity (Wildman–Crippen MR) is 67.2 cm³/mol. The topological polar surface area (TPSA) is 34.2 Å². The zero-order chi connectivity index (χ0) is 12.5. The number of rotatable bonds is 1. The Bertz CT molecular complexity index is 569. The van der Waals surface area contributed by atoms with Crippen LogP contribution in [0.25, 0.3) is 0 Å². The second-order valence-corrected chi connectivity index (χ2v) is 4.34. The molecule has 1 atom stereocenters. The second-order valence-electron chi connectivity index (χ2n) is 4.34. The number of aryl methyl sites for hydroxylation is 1. The summed E-state index contributed by atoms with van der Waals surface area (Å²) in [7, 11) is 0. The molecule has 1 aromatic carbocycles. The molecule has 0 saturated carbocycles. The van der Waals surface area contributed by atoms with Crippen molar-refractivity contribution in [1.29, 1.82) is 0 Å². The number of aromatic nitrogens is 1. The third kappa shape index (κ3) is 1.90. The van der Waals surface area contributed by atoms with Crippen LogP contribution in [0.4, 0.5) is 10.1 Å². The van der Waals surface area contributed by atoms with Crippen LogP contribution in [-0.2, 0) is 0 Å². The smallest absolute Gasteiger partial charge is 0.158 e. The van der Waals surface area contributed by atoms with Gasteiger partial charge in [0.2, 0.25) is 0 Å². The average molecular weight is 244 g/mol. The molecule has 0 fully saturated rings.